The van der Waals surface area contributed by atoms with Gasteiger partial charge >= 0.3 is 0 Å². The van der Waals surface area contributed by atoms with E-state index in [4.69, 9.17) is 15.3 Å². The fraction of sp³-hybridized carbons (Fsp3) is 0.538. The fourth-order valence-corrected chi connectivity index (χ4v) is 1.89. The number of rotatable bonds is 8. The molecular formula is C13H22N4O3. The lowest BCUT2D eigenvalue weighted by atomic mass is 10.2. The van der Waals surface area contributed by atoms with Gasteiger partial charge in [-0.1, -0.05) is 0 Å². The molecule has 0 saturated heterocycles. The van der Waals surface area contributed by atoms with Crippen LogP contribution in [0, 0.1) is 0 Å². The Hall–Kier alpha value is -1.70. The molecule has 7 nitrogen and oxygen atoms in total. The van der Waals surface area contributed by atoms with Crippen LogP contribution in [0.4, 0.5) is 5.82 Å². The van der Waals surface area contributed by atoms with Crippen LogP contribution in [0.15, 0.2) is 18.3 Å². The summed E-state index contributed by atoms with van der Waals surface area (Å²) in [5, 5.41) is 0. The first-order chi connectivity index (χ1) is 9.65. The maximum atomic E-state index is 12.6. The first-order valence-electron chi connectivity index (χ1n) is 6.36. The Morgan fingerprint density at radius 2 is 2.25 bits per heavy atom. The number of carbonyl (C=O) groups excluding carboxylic acids is 1. The monoisotopic (exact) mass is 282 g/mol. The smallest absolute Gasteiger partial charge is 0.258 e. The van der Waals surface area contributed by atoms with Gasteiger partial charge < -0.3 is 19.8 Å². The summed E-state index contributed by atoms with van der Waals surface area (Å²) in [5.41, 5.74) is 2.86. The van der Waals surface area contributed by atoms with Crippen molar-refractivity contribution < 1.29 is 14.3 Å². The molecular weight excluding hydrogens is 260 g/mol. The molecule has 0 aromatic carbocycles. The minimum atomic E-state index is -0.160. The molecule has 20 heavy (non-hydrogen) atoms. The quantitative estimate of drug-likeness (QED) is 0.533. The number of ether oxygens (including phenoxy) is 2. The van der Waals surface area contributed by atoms with Crippen molar-refractivity contribution in [3.8, 4) is 0 Å². The number of anilines is 1. The van der Waals surface area contributed by atoms with Gasteiger partial charge in [0.05, 0.1) is 24.8 Å². The second kappa shape index (κ2) is 8.47. The highest BCUT2D eigenvalue weighted by molar-refractivity contribution is 5.98. The maximum absolute atomic E-state index is 12.6. The molecule has 0 fully saturated rings. The number of nitrogens with one attached hydrogen (secondary N) is 1. The molecule has 0 spiro atoms. The fourth-order valence-electron chi connectivity index (χ4n) is 1.89. The molecule has 0 aliphatic carbocycles. The predicted octanol–water partition coefficient (Wildman–Crippen LogP) is 0.491. The van der Waals surface area contributed by atoms with E-state index in [1.54, 1.807) is 37.4 Å². The van der Waals surface area contributed by atoms with Crippen molar-refractivity contribution in [2.45, 2.75) is 13.0 Å². The summed E-state index contributed by atoms with van der Waals surface area (Å²) in [7, 11) is 3.20. The number of pyridine rings is 1. The number of hydrazine groups is 1. The number of methoxy groups -OCH3 is 2. The van der Waals surface area contributed by atoms with E-state index in [9.17, 15) is 4.79 Å². The molecule has 0 bridgehead atoms. The maximum Gasteiger partial charge on any atom is 0.258 e. The Morgan fingerprint density at radius 1 is 1.50 bits per heavy atom. The summed E-state index contributed by atoms with van der Waals surface area (Å²) < 4.78 is 10.2. The van der Waals surface area contributed by atoms with Gasteiger partial charge in [0.2, 0.25) is 0 Å². The molecule has 0 aliphatic rings. The van der Waals surface area contributed by atoms with Crippen LogP contribution in [-0.2, 0) is 9.47 Å². The zero-order valence-corrected chi connectivity index (χ0v) is 12.1. The lowest BCUT2D eigenvalue weighted by Crippen LogP contribution is -2.43. The summed E-state index contributed by atoms with van der Waals surface area (Å²) in [5.74, 6) is 5.58. The molecule has 1 atom stereocenters. The number of hydrogen-bond acceptors (Lipinski definition) is 6. The van der Waals surface area contributed by atoms with Gasteiger partial charge in [0.1, 0.15) is 0 Å². The molecule has 0 radical (unpaired) electrons. The summed E-state index contributed by atoms with van der Waals surface area (Å²) in [6.45, 7) is 3.29. The second-order valence-electron chi connectivity index (χ2n) is 4.34. The summed E-state index contributed by atoms with van der Waals surface area (Å²) >= 11 is 0. The first-order valence-corrected chi connectivity index (χ1v) is 6.36. The van der Waals surface area contributed by atoms with Crippen LogP contribution in [0.3, 0.4) is 0 Å². The van der Waals surface area contributed by atoms with Crippen molar-refractivity contribution in [1.82, 2.24) is 9.88 Å². The van der Waals surface area contributed by atoms with E-state index in [-0.39, 0.29) is 11.9 Å². The normalized spacial score (nSPS) is 12.0. The largest absolute Gasteiger partial charge is 0.383 e. The Bertz CT molecular complexity index is 428. The number of aromatic nitrogens is 1. The molecule has 112 valence electrons. The second-order valence-corrected chi connectivity index (χ2v) is 4.34. The molecule has 1 aromatic rings. The van der Waals surface area contributed by atoms with E-state index >= 15 is 0 Å². The van der Waals surface area contributed by atoms with Crippen molar-refractivity contribution in [2.75, 3.05) is 39.4 Å². The van der Waals surface area contributed by atoms with Crippen LogP contribution < -0.4 is 11.3 Å². The SMILES string of the molecule is COCCN(C(=O)c1cccnc1NN)C(C)COC. The van der Waals surface area contributed by atoms with Crippen molar-refractivity contribution >= 4 is 11.7 Å². The Labute approximate surface area is 119 Å². The third-order valence-corrected chi connectivity index (χ3v) is 2.91. The van der Waals surface area contributed by atoms with Crippen molar-refractivity contribution in [1.29, 1.82) is 0 Å². The van der Waals surface area contributed by atoms with Crippen LogP contribution in [0.2, 0.25) is 0 Å². The van der Waals surface area contributed by atoms with Gasteiger partial charge in [-0.05, 0) is 19.1 Å². The topological polar surface area (TPSA) is 89.7 Å². The first kappa shape index (κ1) is 16.4. The highest BCUT2D eigenvalue weighted by Crippen LogP contribution is 2.15. The molecule has 1 unspecified atom stereocenters. The van der Waals surface area contributed by atoms with Gasteiger partial charge in [-0.3, -0.25) is 4.79 Å². The van der Waals surface area contributed by atoms with Crippen molar-refractivity contribution in [3.63, 3.8) is 0 Å². The molecule has 1 rings (SSSR count). The third-order valence-electron chi connectivity index (χ3n) is 2.91. The number of nitrogens with zero attached hydrogens (tertiary/aromatic N) is 2. The van der Waals surface area contributed by atoms with Crippen LogP contribution in [-0.4, -0.2) is 55.8 Å². The highest BCUT2D eigenvalue weighted by Gasteiger charge is 2.23. The van der Waals surface area contributed by atoms with Crippen LogP contribution in [0.5, 0.6) is 0 Å². The minimum absolute atomic E-state index is 0.0755. The number of amides is 1. The lowest BCUT2D eigenvalue weighted by molar-refractivity contribution is 0.0480. The molecule has 7 heteroatoms. The van der Waals surface area contributed by atoms with E-state index in [1.165, 1.54) is 0 Å². The van der Waals surface area contributed by atoms with Gasteiger partial charge in [0, 0.05) is 27.0 Å². The highest BCUT2D eigenvalue weighted by atomic mass is 16.5. The van der Waals surface area contributed by atoms with Gasteiger partial charge in [-0.2, -0.15) is 0 Å². The van der Waals surface area contributed by atoms with Gasteiger partial charge in [0.25, 0.3) is 5.91 Å². The third kappa shape index (κ3) is 4.16. The van der Waals surface area contributed by atoms with Crippen molar-refractivity contribution in [3.05, 3.63) is 23.9 Å². The molecule has 1 amide bonds. The van der Waals surface area contributed by atoms with Gasteiger partial charge in [-0.15, -0.1) is 0 Å². The van der Waals surface area contributed by atoms with E-state index in [1.807, 2.05) is 6.92 Å². The molecule has 3 N–H and O–H groups in total. The molecule has 1 aromatic heterocycles. The Morgan fingerprint density at radius 3 is 2.85 bits per heavy atom. The van der Waals surface area contributed by atoms with Gasteiger partial charge in [-0.25, -0.2) is 10.8 Å². The summed E-state index contributed by atoms with van der Waals surface area (Å²) in [6, 6.07) is 3.31. The van der Waals surface area contributed by atoms with E-state index < -0.39 is 0 Å². The van der Waals surface area contributed by atoms with Crippen molar-refractivity contribution in [2.24, 2.45) is 5.84 Å². The summed E-state index contributed by atoms with van der Waals surface area (Å²) in [6.07, 6.45) is 1.57. The van der Waals surface area contributed by atoms with Crippen LogP contribution in [0.25, 0.3) is 0 Å². The van der Waals surface area contributed by atoms with E-state index in [0.29, 0.717) is 31.1 Å². The zero-order valence-electron chi connectivity index (χ0n) is 12.1. The average Bonchev–Trinajstić information content (AvgIpc) is 2.47. The Kier molecular flexibility index (Phi) is 6.92. The zero-order chi connectivity index (χ0) is 15.0. The number of nitrogens with two attached hydrogens (primary N) is 1. The van der Waals surface area contributed by atoms with Crippen LogP contribution in [0.1, 0.15) is 17.3 Å². The summed E-state index contributed by atoms with van der Waals surface area (Å²) in [4.78, 5) is 18.4. The molecule has 1 heterocycles. The molecule has 0 saturated carbocycles. The standard InChI is InChI=1S/C13H22N4O3/c1-10(9-20-3)17(7-8-19-2)13(18)11-5-4-6-15-12(11)16-14/h4-6,10H,7-9,14H2,1-3H3,(H,15,16). The van der Waals surface area contributed by atoms with Crippen LogP contribution >= 0.6 is 0 Å². The number of nitrogen functional groups attached to an aromatic ring is 1. The Balaban J connectivity index is 2.96. The minimum Gasteiger partial charge on any atom is -0.383 e. The molecule has 0 aliphatic heterocycles. The number of hydrogen-bond donors (Lipinski definition) is 2. The predicted molar refractivity (Wildman–Crippen MR) is 76.3 cm³/mol. The number of carbonyl (C=O) groups is 1. The van der Waals surface area contributed by atoms with Gasteiger partial charge in [0.15, 0.2) is 5.82 Å². The average molecular weight is 282 g/mol. The van der Waals surface area contributed by atoms with E-state index in [0.717, 1.165) is 0 Å². The van der Waals surface area contributed by atoms with E-state index in [2.05, 4.69) is 10.4 Å². The lowest BCUT2D eigenvalue weighted by Gasteiger charge is -2.29.